The van der Waals surface area contributed by atoms with E-state index in [1.807, 2.05) is 4.90 Å². The first-order valence-electron chi connectivity index (χ1n) is 9.96. The Hall–Kier alpha value is -2.14. The molecule has 1 aromatic carbocycles. The fourth-order valence-corrected chi connectivity index (χ4v) is 4.93. The maximum atomic E-state index is 12.9. The number of H-pyrrole nitrogens is 1. The average Bonchev–Trinajstić information content (AvgIpc) is 3.31. The highest BCUT2D eigenvalue weighted by Crippen LogP contribution is 2.27. The molecule has 1 atom stereocenters. The lowest BCUT2D eigenvalue weighted by Crippen LogP contribution is -2.53. The molecule has 2 aliphatic carbocycles. The van der Waals surface area contributed by atoms with Gasteiger partial charge in [-0.05, 0) is 49.7 Å². The molecule has 0 radical (unpaired) electrons. The molecule has 1 amide bonds. The van der Waals surface area contributed by atoms with Crippen molar-refractivity contribution >= 4 is 5.91 Å². The molecule has 0 bridgehead atoms. The zero-order valence-electron chi connectivity index (χ0n) is 15.2. The molecule has 1 fully saturated rings. The molecule has 136 valence electrons. The predicted molar refractivity (Wildman–Crippen MR) is 100 cm³/mol. The topological polar surface area (TPSA) is 52.2 Å². The van der Waals surface area contributed by atoms with Crippen LogP contribution >= 0.6 is 0 Å². The molecule has 0 saturated carbocycles. The number of carbonyl (C=O) groups is 1. The lowest BCUT2D eigenvalue weighted by molar-refractivity contribution is 0.0547. The summed E-state index contributed by atoms with van der Waals surface area (Å²) in [6, 6.07) is 9.47. The van der Waals surface area contributed by atoms with Gasteiger partial charge in [-0.2, -0.15) is 5.10 Å². The summed E-state index contributed by atoms with van der Waals surface area (Å²) in [7, 11) is 0. The van der Waals surface area contributed by atoms with Gasteiger partial charge in [-0.1, -0.05) is 24.3 Å². The Kier molecular flexibility index (Phi) is 4.04. The van der Waals surface area contributed by atoms with Crippen LogP contribution in [0.2, 0.25) is 0 Å². The zero-order chi connectivity index (χ0) is 17.5. The Morgan fingerprint density at radius 1 is 1.04 bits per heavy atom. The van der Waals surface area contributed by atoms with Crippen molar-refractivity contribution in [3.05, 3.63) is 52.3 Å². The van der Waals surface area contributed by atoms with E-state index in [4.69, 9.17) is 0 Å². The second-order valence-corrected chi connectivity index (χ2v) is 7.88. The molecule has 2 heterocycles. The minimum atomic E-state index is 0.123. The van der Waals surface area contributed by atoms with Crippen LogP contribution in [0.5, 0.6) is 0 Å². The Balaban J connectivity index is 1.22. The summed E-state index contributed by atoms with van der Waals surface area (Å²) in [5.74, 6) is 0.123. The van der Waals surface area contributed by atoms with Crippen molar-refractivity contribution in [1.82, 2.24) is 20.0 Å². The third-order valence-corrected chi connectivity index (χ3v) is 6.45. The number of nitrogens with zero attached hydrogens (tertiary/aromatic N) is 3. The first kappa shape index (κ1) is 16.1. The highest BCUT2D eigenvalue weighted by Gasteiger charge is 2.31. The fraction of sp³-hybridized carbons (Fsp3) is 0.524. The largest absolute Gasteiger partial charge is 0.335 e. The van der Waals surface area contributed by atoms with Crippen molar-refractivity contribution in [1.29, 1.82) is 0 Å². The number of carbonyl (C=O) groups excluding carboxylic acids is 1. The van der Waals surface area contributed by atoms with Gasteiger partial charge < -0.3 is 4.90 Å². The number of benzene rings is 1. The van der Waals surface area contributed by atoms with E-state index < -0.39 is 0 Å². The lowest BCUT2D eigenvalue weighted by Gasteiger charge is -2.41. The molecule has 0 spiro atoms. The van der Waals surface area contributed by atoms with Crippen LogP contribution < -0.4 is 0 Å². The van der Waals surface area contributed by atoms with E-state index in [0.29, 0.717) is 11.7 Å². The highest BCUT2D eigenvalue weighted by atomic mass is 16.2. The van der Waals surface area contributed by atoms with Gasteiger partial charge in [-0.25, -0.2) is 0 Å². The molecule has 1 saturated heterocycles. The van der Waals surface area contributed by atoms with Gasteiger partial charge in [0, 0.05) is 43.5 Å². The van der Waals surface area contributed by atoms with E-state index in [1.54, 1.807) is 0 Å². The summed E-state index contributed by atoms with van der Waals surface area (Å²) in [4.78, 5) is 17.5. The van der Waals surface area contributed by atoms with Gasteiger partial charge in [0.05, 0.1) is 0 Å². The van der Waals surface area contributed by atoms with Crippen LogP contribution in [-0.2, 0) is 25.7 Å². The van der Waals surface area contributed by atoms with Crippen molar-refractivity contribution in [2.75, 3.05) is 26.2 Å². The number of aromatic amines is 1. The van der Waals surface area contributed by atoms with Gasteiger partial charge in [0.2, 0.25) is 0 Å². The predicted octanol–water partition coefficient (Wildman–Crippen LogP) is 2.21. The monoisotopic (exact) mass is 350 g/mol. The van der Waals surface area contributed by atoms with Crippen molar-refractivity contribution in [3.8, 4) is 0 Å². The molecule has 5 nitrogen and oxygen atoms in total. The van der Waals surface area contributed by atoms with Crippen molar-refractivity contribution in [2.45, 2.75) is 44.6 Å². The van der Waals surface area contributed by atoms with E-state index in [9.17, 15) is 4.79 Å². The van der Waals surface area contributed by atoms with Crippen LogP contribution in [0.15, 0.2) is 24.3 Å². The third-order valence-electron chi connectivity index (χ3n) is 6.45. The van der Waals surface area contributed by atoms with Gasteiger partial charge in [-0.3, -0.25) is 14.8 Å². The Morgan fingerprint density at radius 2 is 1.85 bits per heavy atom. The number of amides is 1. The minimum absolute atomic E-state index is 0.123. The van der Waals surface area contributed by atoms with Gasteiger partial charge in [0.15, 0.2) is 5.69 Å². The molecule has 0 unspecified atom stereocenters. The second kappa shape index (κ2) is 6.54. The fourth-order valence-electron chi connectivity index (χ4n) is 4.93. The zero-order valence-corrected chi connectivity index (χ0v) is 15.2. The number of aromatic nitrogens is 2. The smallest absolute Gasteiger partial charge is 0.274 e. The van der Waals surface area contributed by atoms with Crippen LogP contribution in [0.25, 0.3) is 0 Å². The number of hydrogen-bond donors (Lipinski definition) is 1. The Morgan fingerprint density at radius 3 is 2.69 bits per heavy atom. The van der Waals surface area contributed by atoms with Crippen LogP contribution in [0.3, 0.4) is 0 Å². The van der Waals surface area contributed by atoms with E-state index >= 15 is 0 Å². The Bertz CT molecular complexity index is 819. The van der Waals surface area contributed by atoms with E-state index in [1.165, 1.54) is 35.2 Å². The second-order valence-electron chi connectivity index (χ2n) is 7.88. The summed E-state index contributed by atoms with van der Waals surface area (Å²) in [6.45, 7) is 3.59. The summed E-state index contributed by atoms with van der Waals surface area (Å²) in [6.07, 6.45) is 6.73. The van der Waals surface area contributed by atoms with Crippen LogP contribution in [0.4, 0.5) is 0 Å². The molecule has 3 aliphatic rings. The minimum Gasteiger partial charge on any atom is -0.335 e. The summed E-state index contributed by atoms with van der Waals surface area (Å²) in [5, 5.41) is 7.39. The first-order valence-corrected chi connectivity index (χ1v) is 9.96. The number of hydrogen-bond acceptors (Lipinski definition) is 3. The third kappa shape index (κ3) is 2.75. The quantitative estimate of drug-likeness (QED) is 0.903. The number of fused-ring (bicyclic) bond motifs is 2. The normalized spacial score (nSPS) is 22.9. The molecular weight excluding hydrogens is 324 g/mol. The number of piperazine rings is 1. The molecule has 1 N–H and O–H groups in total. The molecule has 1 aromatic heterocycles. The van der Waals surface area contributed by atoms with E-state index in [2.05, 4.69) is 39.4 Å². The standard InChI is InChI=1S/C21H26N4O/c26-21(20-18-6-3-7-19(18)22-23-20)25-12-10-24(11-13-25)17-9-8-15-4-1-2-5-16(15)14-17/h1-2,4-5,17H,3,6-14H2,(H,22,23)/t17-/m1/s1. The molecule has 5 heteroatoms. The van der Waals surface area contributed by atoms with E-state index in [-0.39, 0.29) is 5.91 Å². The molecule has 26 heavy (non-hydrogen) atoms. The van der Waals surface area contributed by atoms with E-state index in [0.717, 1.165) is 51.9 Å². The van der Waals surface area contributed by atoms with Gasteiger partial charge in [-0.15, -0.1) is 0 Å². The molecule has 5 rings (SSSR count). The van der Waals surface area contributed by atoms with Gasteiger partial charge >= 0.3 is 0 Å². The Labute approximate surface area is 154 Å². The first-order chi connectivity index (χ1) is 12.8. The maximum absolute atomic E-state index is 12.9. The van der Waals surface area contributed by atoms with Crippen molar-refractivity contribution in [3.63, 3.8) is 0 Å². The SMILES string of the molecule is O=C(c1n[nH]c2c1CCC2)N1CCN([C@@H]2CCc3ccccc3C2)CC1. The molecule has 2 aromatic rings. The van der Waals surface area contributed by atoms with Gasteiger partial charge in [0.25, 0.3) is 5.91 Å². The van der Waals surface area contributed by atoms with Gasteiger partial charge in [0.1, 0.15) is 0 Å². The van der Waals surface area contributed by atoms with Crippen LogP contribution in [0, 0.1) is 0 Å². The average molecular weight is 350 g/mol. The summed E-state index contributed by atoms with van der Waals surface area (Å²) in [5.41, 5.74) is 6.05. The highest BCUT2D eigenvalue weighted by molar-refractivity contribution is 5.94. The van der Waals surface area contributed by atoms with Crippen LogP contribution in [-0.4, -0.2) is 58.1 Å². The summed E-state index contributed by atoms with van der Waals surface area (Å²) >= 11 is 0. The summed E-state index contributed by atoms with van der Waals surface area (Å²) < 4.78 is 0. The molecule has 1 aliphatic heterocycles. The number of nitrogens with one attached hydrogen (secondary N) is 1. The molecular formula is C21H26N4O. The van der Waals surface area contributed by atoms with Crippen molar-refractivity contribution in [2.24, 2.45) is 0 Å². The lowest BCUT2D eigenvalue weighted by atomic mass is 9.87. The van der Waals surface area contributed by atoms with Crippen molar-refractivity contribution < 1.29 is 4.79 Å². The number of rotatable bonds is 2. The maximum Gasteiger partial charge on any atom is 0.274 e. The van der Waals surface area contributed by atoms with Crippen LogP contribution in [0.1, 0.15) is 45.7 Å². The number of aryl methyl sites for hydroxylation is 2.